The monoisotopic (exact) mass is 614 g/mol. The van der Waals surface area contributed by atoms with Crippen LogP contribution in [0.4, 0.5) is 0 Å². The van der Waals surface area contributed by atoms with Crippen LogP contribution in [0.5, 0.6) is 0 Å². The van der Waals surface area contributed by atoms with Crippen molar-refractivity contribution < 1.29 is 14.6 Å². The van der Waals surface area contributed by atoms with E-state index in [1.54, 1.807) is 0 Å². The standard InChI is InChI=1S/C38H54N2O3Si/c1-36(2,3)44(25-27-12-8-6-9-13-27,26-28-14-10-7-11-15-28)43-31-16-18-37(4,30(21-31)23-41)33-17-19-38(5)34(32(33)24-42)20-29-22-39-40-35(29)38/h6-15,22,30-34,41-42H,16-21,23-26H2,1-5H3,(H,39,40)/t30-,31+,32-,33+,34+,37+,38+/m1/s1. The molecule has 1 aromatic heterocycles. The smallest absolute Gasteiger partial charge is 0.207 e. The molecule has 2 aromatic carbocycles. The van der Waals surface area contributed by atoms with Crippen molar-refractivity contribution in [2.24, 2.45) is 29.1 Å². The normalized spacial score (nSPS) is 32.3. The molecule has 0 spiro atoms. The molecular formula is C38H54N2O3Si. The zero-order chi connectivity index (χ0) is 31.2. The summed E-state index contributed by atoms with van der Waals surface area (Å²) >= 11 is 0. The number of nitrogens with zero attached hydrogens (tertiary/aromatic N) is 1. The van der Waals surface area contributed by atoms with E-state index in [9.17, 15) is 10.2 Å². The summed E-state index contributed by atoms with van der Waals surface area (Å²) in [6.45, 7) is 12.4. The third-order valence-electron chi connectivity index (χ3n) is 12.7. The number of aromatic amines is 1. The van der Waals surface area contributed by atoms with E-state index >= 15 is 0 Å². The summed E-state index contributed by atoms with van der Waals surface area (Å²) in [7, 11) is -2.40. The van der Waals surface area contributed by atoms with Crippen LogP contribution in [-0.4, -0.2) is 48.0 Å². The third-order valence-corrected chi connectivity index (χ3v) is 18.2. The van der Waals surface area contributed by atoms with E-state index in [1.807, 2.05) is 6.20 Å². The fourth-order valence-electron chi connectivity index (χ4n) is 9.85. The van der Waals surface area contributed by atoms with Gasteiger partial charge in [0.05, 0.1) is 6.20 Å². The Bertz CT molecular complexity index is 1350. The fraction of sp³-hybridized carbons (Fsp3) is 0.605. The van der Waals surface area contributed by atoms with E-state index in [-0.39, 0.29) is 47.0 Å². The molecule has 44 heavy (non-hydrogen) atoms. The number of hydrogen-bond acceptors (Lipinski definition) is 4. The second kappa shape index (κ2) is 12.2. The van der Waals surface area contributed by atoms with Crippen molar-refractivity contribution in [2.75, 3.05) is 13.2 Å². The van der Waals surface area contributed by atoms with Gasteiger partial charge in [0, 0.05) is 30.4 Å². The molecule has 6 rings (SSSR count). The Hall–Kier alpha value is -2.25. The Balaban J connectivity index is 1.26. The van der Waals surface area contributed by atoms with Gasteiger partial charge in [-0.2, -0.15) is 5.10 Å². The van der Waals surface area contributed by atoms with Gasteiger partial charge in [-0.15, -0.1) is 0 Å². The number of fused-ring (bicyclic) bond motifs is 3. The number of H-pyrrole nitrogens is 1. The zero-order valence-corrected chi connectivity index (χ0v) is 28.6. The molecule has 0 saturated heterocycles. The first kappa shape index (κ1) is 31.7. The molecule has 0 aliphatic heterocycles. The van der Waals surface area contributed by atoms with Gasteiger partial charge in [-0.1, -0.05) is 95.3 Å². The van der Waals surface area contributed by atoms with Crippen molar-refractivity contribution in [2.45, 2.75) is 102 Å². The highest BCUT2D eigenvalue weighted by Gasteiger charge is 2.58. The summed E-state index contributed by atoms with van der Waals surface area (Å²) in [5.74, 6) is 1.19. The van der Waals surface area contributed by atoms with E-state index in [2.05, 4.69) is 105 Å². The van der Waals surface area contributed by atoms with Crippen LogP contribution in [-0.2, 0) is 28.4 Å². The summed E-state index contributed by atoms with van der Waals surface area (Å²) in [4.78, 5) is 0. The average molecular weight is 615 g/mol. The Kier molecular flexibility index (Phi) is 8.77. The summed E-state index contributed by atoms with van der Waals surface area (Å²) in [6.07, 6.45) is 8.26. The highest BCUT2D eigenvalue weighted by atomic mass is 28.4. The summed E-state index contributed by atoms with van der Waals surface area (Å²) in [5, 5.41) is 29.6. The quantitative estimate of drug-likeness (QED) is 0.220. The molecule has 238 valence electrons. The van der Waals surface area contributed by atoms with Crippen LogP contribution in [0.25, 0.3) is 0 Å². The molecule has 0 unspecified atom stereocenters. The Morgan fingerprint density at radius 3 is 2.09 bits per heavy atom. The van der Waals surface area contributed by atoms with Crippen molar-refractivity contribution in [1.29, 1.82) is 0 Å². The number of nitrogens with one attached hydrogen (secondary N) is 1. The molecule has 3 aromatic rings. The molecule has 3 aliphatic rings. The predicted octanol–water partition coefficient (Wildman–Crippen LogP) is 7.35. The highest BCUT2D eigenvalue weighted by molar-refractivity contribution is 6.75. The SMILES string of the molecule is CC(C)(C)[Si](Cc1ccccc1)(Cc1ccccc1)O[C@H]1CC[C@](C)([C@H]2CC[C@]3(C)c4[nH]ncc4C[C@H]3[C@@H]2CO)[C@@H](CO)C1. The fourth-order valence-corrected chi connectivity index (χ4v) is 14.2. The van der Waals surface area contributed by atoms with Crippen molar-refractivity contribution in [3.63, 3.8) is 0 Å². The number of aliphatic hydroxyl groups is 2. The van der Waals surface area contributed by atoms with Gasteiger partial charge in [0.2, 0.25) is 8.32 Å². The summed E-state index contributed by atoms with van der Waals surface area (Å²) < 4.78 is 7.60. The predicted molar refractivity (Wildman–Crippen MR) is 180 cm³/mol. The maximum absolute atomic E-state index is 11.0. The summed E-state index contributed by atoms with van der Waals surface area (Å²) in [6, 6.07) is 23.8. The minimum absolute atomic E-state index is 0.0250. The van der Waals surface area contributed by atoms with Crippen LogP contribution in [0.1, 0.15) is 89.1 Å². The van der Waals surface area contributed by atoms with Crippen molar-refractivity contribution in [3.05, 3.63) is 89.2 Å². The van der Waals surface area contributed by atoms with Crippen molar-refractivity contribution in [1.82, 2.24) is 10.2 Å². The molecule has 3 N–H and O–H groups in total. The molecule has 6 heteroatoms. The first-order valence-electron chi connectivity index (χ1n) is 17.0. The minimum atomic E-state index is -2.40. The van der Waals surface area contributed by atoms with Gasteiger partial charge in [0.1, 0.15) is 0 Å². The van der Waals surface area contributed by atoms with E-state index < -0.39 is 8.32 Å². The maximum atomic E-state index is 11.0. The van der Waals surface area contributed by atoms with Crippen LogP contribution in [0.3, 0.4) is 0 Å². The lowest BCUT2D eigenvalue weighted by molar-refractivity contribution is -0.0981. The molecule has 7 atom stereocenters. The van der Waals surface area contributed by atoms with Gasteiger partial charge in [-0.05, 0) is 101 Å². The lowest BCUT2D eigenvalue weighted by Crippen LogP contribution is -2.57. The van der Waals surface area contributed by atoms with Gasteiger partial charge in [0.25, 0.3) is 0 Å². The maximum Gasteiger partial charge on any atom is 0.207 e. The third kappa shape index (κ3) is 5.54. The number of aromatic nitrogens is 2. The number of hydrogen-bond donors (Lipinski definition) is 3. The number of benzene rings is 2. The number of aliphatic hydroxyl groups excluding tert-OH is 2. The van der Waals surface area contributed by atoms with Crippen LogP contribution < -0.4 is 0 Å². The Labute approximate surface area is 266 Å². The lowest BCUT2D eigenvalue weighted by atomic mass is 9.49. The van der Waals surface area contributed by atoms with E-state index in [1.165, 1.54) is 22.4 Å². The Morgan fingerprint density at radius 1 is 0.886 bits per heavy atom. The van der Waals surface area contributed by atoms with Crippen LogP contribution in [0.2, 0.25) is 5.04 Å². The molecule has 0 bridgehead atoms. The zero-order valence-electron chi connectivity index (χ0n) is 27.6. The minimum Gasteiger partial charge on any atom is -0.413 e. The molecule has 3 aliphatic carbocycles. The molecule has 0 radical (unpaired) electrons. The Morgan fingerprint density at radius 2 is 1.52 bits per heavy atom. The van der Waals surface area contributed by atoms with Gasteiger partial charge in [0.15, 0.2) is 0 Å². The first-order chi connectivity index (χ1) is 21.0. The van der Waals surface area contributed by atoms with Crippen LogP contribution in [0, 0.1) is 29.1 Å². The van der Waals surface area contributed by atoms with Crippen LogP contribution in [0.15, 0.2) is 66.9 Å². The molecule has 2 saturated carbocycles. The first-order valence-corrected chi connectivity index (χ1v) is 19.4. The van der Waals surface area contributed by atoms with Gasteiger partial charge < -0.3 is 14.6 Å². The van der Waals surface area contributed by atoms with E-state index in [0.717, 1.165) is 50.6 Å². The lowest BCUT2D eigenvalue weighted by Gasteiger charge is -2.57. The highest BCUT2D eigenvalue weighted by Crippen LogP contribution is 2.61. The van der Waals surface area contributed by atoms with E-state index in [0.29, 0.717) is 11.8 Å². The summed E-state index contributed by atoms with van der Waals surface area (Å²) in [5.41, 5.74) is 5.36. The molecule has 2 fully saturated rings. The molecule has 5 nitrogen and oxygen atoms in total. The van der Waals surface area contributed by atoms with Crippen LogP contribution >= 0.6 is 0 Å². The van der Waals surface area contributed by atoms with Gasteiger partial charge in [-0.3, -0.25) is 5.10 Å². The average Bonchev–Trinajstić information content (AvgIpc) is 3.59. The molecule has 1 heterocycles. The van der Waals surface area contributed by atoms with Gasteiger partial charge >= 0.3 is 0 Å². The van der Waals surface area contributed by atoms with Gasteiger partial charge in [-0.25, -0.2) is 0 Å². The number of rotatable bonds is 9. The molecular weight excluding hydrogens is 561 g/mol. The van der Waals surface area contributed by atoms with Crippen molar-refractivity contribution >= 4 is 8.32 Å². The van der Waals surface area contributed by atoms with Crippen molar-refractivity contribution in [3.8, 4) is 0 Å². The second-order valence-electron chi connectivity index (χ2n) is 16.0. The second-order valence-corrected chi connectivity index (χ2v) is 20.4. The largest absolute Gasteiger partial charge is 0.413 e. The van der Waals surface area contributed by atoms with E-state index in [4.69, 9.17) is 4.43 Å². The molecule has 0 amide bonds. The topological polar surface area (TPSA) is 78.4 Å².